The number of halogens is 4. The Morgan fingerprint density at radius 3 is 2.30 bits per heavy atom. The first kappa shape index (κ1) is 58.6. The van der Waals surface area contributed by atoms with Crippen molar-refractivity contribution in [3.8, 4) is 18.1 Å². The highest BCUT2D eigenvalue weighted by atomic mass is 35.5. The van der Waals surface area contributed by atoms with Crippen LogP contribution < -0.4 is 25.1 Å². The van der Waals surface area contributed by atoms with E-state index in [1.54, 1.807) is 24.2 Å². The number of benzene rings is 2. The molecule has 22 heteroatoms. The molecule has 0 saturated heterocycles. The summed E-state index contributed by atoms with van der Waals surface area (Å²) in [4.78, 5) is 62.7. The number of aliphatic carboxylic acids is 1. The number of aromatic nitrogens is 2. The lowest BCUT2D eigenvalue weighted by atomic mass is 9.92. The Bertz CT molecular complexity index is 2340. The van der Waals surface area contributed by atoms with Crippen LogP contribution in [0.3, 0.4) is 0 Å². The SMILES string of the molecule is C#CCN1C(=O)COc2cc(F)c(/N=c3\snc4n3CC(C)(C)C4)cc21.C=CCN(CC=C)C(=O)C(Cl)Cl.CCc1cccc(CC)c1N(COC)C(=O)CCl.CP(=O)(O)CCC(N)C(=O)O. The van der Waals surface area contributed by atoms with Gasteiger partial charge in [-0.25, -0.2) is 9.38 Å². The molecular weight excluding hydrogens is 971 g/mol. The van der Waals surface area contributed by atoms with E-state index in [2.05, 4.69) is 56.1 Å². The summed E-state index contributed by atoms with van der Waals surface area (Å²) in [7, 11) is -1.52. The van der Waals surface area contributed by atoms with Crippen molar-refractivity contribution in [2.24, 2.45) is 16.1 Å². The summed E-state index contributed by atoms with van der Waals surface area (Å²) < 4.78 is 42.1. The van der Waals surface area contributed by atoms with Crippen LogP contribution in [0.25, 0.3) is 0 Å². The molecule has 2 unspecified atom stereocenters. The number of methoxy groups -OCH3 is 1. The summed E-state index contributed by atoms with van der Waals surface area (Å²) in [6.45, 7) is 18.5. The molecule has 0 fully saturated rings. The third kappa shape index (κ3) is 18.1. The van der Waals surface area contributed by atoms with Gasteiger partial charge < -0.3 is 34.7 Å². The van der Waals surface area contributed by atoms with Crippen LogP contribution in [-0.4, -0.2) is 117 Å². The predicted molar refractivity (Wildman–Crippen MR) is 264 cm³/mol. The molecule has 16 nitrogen and oxygen atoms in total. The van der Waals surface area contributed by atoms with Gasteiger partial charge in [-0.05, 0) is 41.9 Å². The zero-order chi connectivity index (χ0) is 50.6. The Labute approximate surface area is 410 Å². The highest BCUT2D eigenvalue weighted by molar-refractivity contribution is 7.57. The Morgan fingerprint density at radius 2 is 1.81 bits per heavy atom. The third-order valence-corrected chi connectivity index (χ3v) is 12.2. The molecule has 3 amide bonds. The number of carbonyl (C=O) groups excluding carboxylic acids is 3. The van der Waals surface area contributed by atoms with Gasteiger partial charge >= 0.3 is 5.97 Å². The van der Waals surface area contributed by atoms with Crippen LogP contribution in [0.5, 0.6) is 5.75 Å². The molecule has 3 aromatic rings. The molecule has 2 aliphatic rings. The molecule has 0 bridgehead atoms. The van der Waals surface area contributed by atoms with Crippen molar-refractivity contribution in [2.75, 3.05) is 68.6 Å². The van der Waals surface area contributed by atoms with E-state index < -0.39 is 30.0 Å². The lowest BCUT2D eigenvalue weighted by Gasteiger charge is -2.28. The molecule has 5 rings (SSSR count). The van der Waals surface area contributed by atoms with E-state index in [9.17, 15) is 28.1 Å². The number of carboxylic acids is 1. The minimum atomic E-state index is -3.10. The van der Waals surface area contributed by atoms with Crippen molar-refractivity contribution in [3.05, 3.63) is 83.2 Å². The number of fused-ring (bicyclic) bond motifs is 2. The molecule has 368 valence electrons. The van der Waals surface area contributed by atoms with Crippen LogP contribution in [0.15, 0.2) is 60.6 Å². The van der Waals surface area contributed by atoms with E-state index in [0.717, 1.165) is 48.4 Å². The zero-order valence-corrected chi connectivity index (χ0v) is 42.5. The number of aryl methyl sites for hydroxylation is 2. The number of alkyl halides is 3. The minimum Gasteiger partial charge on any atom is -0.481 e. The second kappa shape index (κ2) is 28.0. The first-order valence-electron chi connectivity index (χ1n) is 20.9. The summed E-state index contributed by atoms with van der Waals surface area (Å²) in [5.74, 6) is 1.29. The molecule has 0 saturated carbocycles. The highest BCUT2D eigenvalue weighted by Gasteiger charge is 2.31. The van der Waals surface area contributed by atoms with Gasteiger partial charge in [0.05, 0.1) is 17.9 Å². The maximum atomic E-state index is 14.5. The number of anilines is 2. The van der Waals surface area contributed by atoms with Crippen molar-refractivity contribution in [2.45, 2.75) is 70.8 Å². The molecule has 2 atom stereocenters. The number of carboxylic acid groups (broad SMARTS) is 1. The topological polar surface area (TPSA) is 210 Å². The fourth-order valence-corrected chi connectivity index (χ4v) is 8.41. The molecule has 0 radical (unpaired) electrons. The van der Waals surface area contributed by atoms with Crippen molar-refractivity contribution in [3.63, 3.8) is 0 Å². The van der Waals surface area contributed by atoms with E-state index in [0.29, 0.717) is 29.3 Å². The lowest BCUT2D eigenvalue weighted by molar-refractivity contribution is -0.138. The normalized spacial score (nSPS) is 14.7. The Morgan fingerprint density at radius 1 is 1.19 bits per heavy atom. The molecule has 2 aliphatic heterocycles. The summed E-state index contributed by atoms with van der Waals surface area (Å²) in [6.07, 6.45) is 11.2. The molecule has 67 heavy (non-hydrogen) atoms. The fraction of sp³-hybridized carbons (Fsp3) is 0.467. The molecular formula is C45H60Cl3FN7O9PS. The van der Waals surface area contributed by atoms with Gasteiger partial charge in [0.1, 0.15) is 35.9 Å². The molecule has 2 aromatic carbocycles. The van der Waals surface area contributed by atoms with E-state index in [1.807, 2.05) is 22.8 Å². The Balaban J connectivity index is 0.000000329. The quantitative estimate of drug-likeness (QED) is 0.0415. The summed E-state index contributed by atoms with van der Waals surface area (Å²) >= 11 is 17.7. The lowest BCUT2D eigenvalue weighted by Crippen LogP contribution is -2.39. The average molecular weight is 1030 g/mol. The number of terminal acetylenes is 1. The first-order chi connectivity index (χ1) is 31.5. The summed E-state index contributed by atoms with van der Waals surface area (Å²) in [5.41, 5.74) is 9.01. The molecule has 0 spiro atoms. The van der Waals surface area contributed by atoms with Crippen LogP contribution in [0.1, 0.15) is 51.1 Å². The number of hydrogen-bond acceptors (Lipinski definition) is 11. The van der Waals surface area contributed by atoms with E-state index in [-0.39, 0.29) is 67.2 Å². The number of para-hydroxylation sites is 1. The van der Waals surface area contributed by atoms with Crippen molar-refractivity contribution in [1.29, 1.82) is 0 Å². The maximum Gasteiger partial charge on any atom is 0.320 e. The fourth-order valence-electron chi connectivity index (χ4n) is 6.48. The van der Waals surface area contributed by atoms with Gasteiger partial charge in [-0.1, -0.05) is 87.2 Å². The van der Waals surface area contributed by atoms with Crippen molar-refractivity contribution in [1.82, 2.24) is 13.8 Å². The number of amides is 3. The van der Waals surface area contributed by atoms with E-state index >= 15 is 0 Å². The summed E-state index contributed by atoms with van der Waals surface area (Å²) in [5, 5.41) is 8.28. The number of rotatable bonds is 17. The molecule has 4 N–H and O–H groups in total. The molecule has 0 aliphatic carbocycles. The highest BCUT2D eigenvalue weighted by Crippen LogP contribution is 2.38. The Hall–Kier alpha value is -4.57. The summed E-state index contributed by atoms with van der Waals surface area (Å²) in [6, 6.07) is 7.83. The second-order valence-corrected chi connectivity index (χ2v) is 20.4. The predicted octanol–water partition coefficient (Wildman–Crippen LogP) is 6.92. The largest absolute Gasteiger partial charge is 0.481 e. The van der Waals surface area contributed by atoms with E-state index in [4.69, 9.17) is 66.4 Å². The molecule has 3 heterocycles. The smallest absolute Gasteiger partial charge is 0.320 e. The zero-order valence-electron chi connectivity index (χ0n) is 38.6. The van der Waals surface area contributed by atoms with Crippen LogP contribution >= 0.6 is 53.7 Å². The first-order valence-corrected chi connectivity index (χ1v) is 25.3. The van der Waals surface area contributed by atoms with E-state index in [1.165, 1.54) is 40.1 Å². The second-order valence-electron chi connectivity index (χ2n) is 15.8. The minimum absolute atomic E-state index is 0.0371. The van der Waals surface area contributed by atoms with Gasteiger partial charge in [0.25, 0.3) is 11.8 Å². The van der Waals surface area contributed by atoms with Gasteiger partial charge in [0.15, 0.2) is 24.6 Å². The monoisotopic (exact) mass is 1030 g/mol. The number of carbonyl (C=O) groups is 4. The van der Waals surface area contributed by atoms with Gasteiger partial charge in [0.2, 0.25) is 10.7 Å². The average Bonchev–Trinajstić information content (AvgIpc) is 3.79. The molecule has 1 aromatic heterocycles. The Kier molecular flexibility index (Phi) is 24.5. The number of ether oxygens (including phenoxy) is 2. The standard InChI is InChI=1S/C18H17FN4O2S.C14H20ClNO2.C8H11Cl2NO.C5H12NO4P/c1-4-5-22-13-7-12(11(19)6-14(13)25-9-16(22)24)20-17-23-10-18(2,3)8-15(23)21-26-17;1-4-11-7-6-8-12(5-2)14(11)16(10-18-3)13(17)9-15;1-3-5-11(6-4-2)8(12)7(9)10;1-11(9,10)3-2-4(6)5(7)8/h1,6-7H,5,8-10H2,2-3H3;6-8H,4-5,9-10H2,1-3H3;3-4,7H,1-2,5-6H2;4H,2-3,6H2,1H3,(H,7,8)(H,9,10)/b20-17-;;;. The van der Waals surface area contributed by atoms with Crippen LogP contribution in [0.2, 0.25) is 0 Å². The third-order valence-electron chi connectivity index (χ3n) is 9.71. The van der Waals surface area contributed by atoms with Crippen LogP contribution in [0.4, 0.5) is 21.5 Å². The van der Waals surface area contributed by atoms with Gasteiger partial charge in [-0.2, -0.15) is 4.37 Å². The van der Waals surface area contributed by atoms with Gasteiger partial charge in [-0.15, -0.1) is 31.2 Å². The maximum absolute atomic E-state index is 14.5. The van der Waals surface area contributed by atoms with Crippen molar-refractivity contribution < 1.29 is 47.6 Å². The van der Waals surface area contributed by atoms with Crippen molar-refractivity contribution >= 4 is 94.5 Å². The van der Waals surface area contributed by atoms with Gasteiger partial charge in [0, 0.05) is 63.6 Å². The number of nitrogens with two attached hydrogens (primary N) is 1. The van der Waals surface area contributed by atoms with Crippen LogP contribution in [0, 0.1) is 23.6 Å². The van der Waals surface area contributed by atoms with Crippen LogP contribution in [-0.2, 0) is 54.3 Å². The number of nitrogens with zero attached hydrogens (tertiary/aromatic N) is 6. The van der Waals surface area contributed by atoms with Gasteiger partial charge in [-0.3, -0.25) is 33.5 Å². The number of hydrogen-bond donors (Lipinski definition) is 3.